The van der Waals surface area contributed by atoms with E-state index in [0.717, 1.165) is 67.7 Å². The lowest BCUT2D eigenvalue weighted by atomic mass is 10.2. The number of nitrogens with zero attached hydrogens (tertiary/aromatic N) is 2. The van der Waals surface area contributed by atoms with E-state index in [-0.39, 0.29) is 0 Å². The van der Waals surface area contributed by atoms with Gasteiger partial charge in [0.05, 0.1) is 36.6 Å². The van der Waals surface area contributed by atoms with Crippen LogP contribution in [0.15, 0.2) is 60.7 Å². The minimum atomic E-state index is 0.865. The second kappa shape index (κ2) is 10.0. The largest absolute Gasteiger partial charge is 0.497 e. The molecule has 2 aromatic heterocycles. The second-order valence-electron chi connectivity index (χ2n) is 6.83. The van der Waals surface area contributed by atoms with Gasteiger partial charge in [0.15, 0.2) is 0 Å². The molecule has 0 radical (unpaired) electrons. The first-order valence-corrected chi connectivity index (χ1v) is 12.1. The first-order chi connectivity index (χ1) is 14.7. The molecule has 0 aliphatic heterocycles. The average Bonchev–Trinajstić information content (AvgIpc) is 2.80. The van der Waals surface area contributed by atoms with E-state index in [1.165, 1.54) is 0 Å². The van der Waals surface area contributed by atoms with E-state index in [0.29, 0.717) is 0 Å². The highest BCUT2D eigenvalue weighted by molar-refractivity contribution is 8.02. The number of rotatable bonds is 9. The Morgan fingerprint density at radius 1 is 0.633 bits per heavy atom. The predicted octanol–water partition coefficient (Wildman–Crippen LogP) is 5.97. The number of fused-ring (bicyclic) bond motifs is 2. The van der Waals surface area contributed by atoms with Crippen molar-refractivity contribution in [2.45, 2.75) is 11.5 Å². The molecule has 0 fully saturated rings. The molecule has 30 heavy (non-hydrogen) atoms. The number of hydrogen-bond acceptors (Lipinski definition) is 6. The van der Waals surface area contributed by atoms with Crippen molar-refractivity contribution >= 4 is 45.3 Å². The summed E-state index contributed by atoms with van der Waals surface area (Å²) < 4.78 is 10.5. The molecule has 0 bridgehead atoms. The van der Waals surface area contributed by atoms with Gasteiger partial charge in [0.25, 0.3) is 0 Å². The Morgan fingerprint density at radius 3 is 1.53 bits per heavy atom. The summed E-state index contributed by atoms with van der Waals surface area (Å²) in [5.41, 5.74) is 4.27. The summed E-state index contributed by atoms with van der Waals surface area (Å²) in [7, 11) is 3.37. The van der Waals surface area contributed by atoms with Crippen LogP contribution in [0.25, 0.3) is 21.8 Å². The summed E-state index contributed by atoms with van der Waals surface area (Å²) in [5, 5.41) is 2.22. The van der Waals surface area contributed by atoms with E-state index in [9.17, 15) is 0 Å². The molecule has 154 valence electrons. The van der Waals surface area contributed by atoms with Gasteiger partial charge in [-0.25, -0.2) is 0 Å². The highest BCUT2D eigenvalue weighted by atomic mass is 32.2. The molecule has 6 heteroatoms. The number of thioether (sulfide) groups is 2. The fourth-order valence-corrected chi connectivity index (χ4v) is 5.15. The number of ether oxygens (including phenoxy) is 2. The van der Waals surface area contributed by atoms with Gasteiger partial charge in [-0.05, 0) is 48.5 Å². The van der Waals surface area contributed by atoms with Crippen molar-refractivity contribution in [3.63, 3.8) is 0 Å². The number of aromatic nitrogens is 2. The fraction of sp³-hybridized carbons (Fsp3) is 0.250. The van der Waals surface area contributed by atoms with Crippen molar-refractivity contribution in [2.75, 3.05) is 25.7 Å². The maximum absolute atomic E-state index is 5.27. The molecular weight excluding hydrogens is 412 g/mol. The maximum Gasteiger partial charge on any atom is 0.119 e. The van der Waals surface area contributed by atoms with Crippen LogP contribution in [0, 0.1) is 0 Å². The normalized spacial score (nSPS) is 11.1. The molecule has 0 spiro atoms. The lowest BCUT2D eigenvalue weighted by molar-refractivity contribution is 0.415. The SMILES string of the molecule is COc1ccc2nc(CSCCSCc3ccc4cc(OC)ccc4n3)ccc2c1. The van der Waals surface area contributed by atoms with E-state index >= 15 is 0 Å². The molecule has 2 aromatic carbocycles. The van der Waals surface area contributed by atoms with Gasteiger partial charge in [0.2, 0.25) is 0 Å². The average molecular weight is 437 g/mol. The Kier molecular flexibility index (Phi) is 6.97. The van der Waals surface area contributed by atoms with Gasteiger partial charge >= 0.3 is 0 Å². The van der Waals surface area contributed by atoms with Gasteiger partial charge in [-0.15, -0.1) is 0 Å². The predicted molar refractivity (Wildman–Crippen MR) is 129 cm³/mol. The standard InChI is InChI=1S/C24H24N2O2S2/c1-27-21-7-9-23-17(13-21)3-5-19(25-23)15-29-11-12-30-16-20-6-4-18-14-22(28-2)8-10-24(18)26-20/h3-10,13-14H,11-12,15-16H2,1-2H3. The highest BCUT2D eigenvalue weighted by Gasteiger charge is 2.03. The van der Waals surface area contributed by atoms with Crippen LogP contribution in [-0.2, 0) is 11.5 Å². The van der Waals surface area contributed by atoms with Gasteiger partial charge in [-0.1, -0.05) is 12.1 Å². The van der Waals surface area contributed by atoms with E-state index < -0.39 is 0 Å². The zero-order chi connectivity index (χ0) is 20.8. The lowest BCUT2D eigenvalue weighted by Crippen LogP contribution is -1.93. The van der Waals surface area contributed by atoms with Crippen LogP contribution in [-0.4, -0.2) is 35.7 Å². The van der Waals surface area contributed by atoms with E-state index in [1.807, 2.05) is 59.9 Å². The van der Waals surface area contributed by atoms with Gasteiger partial charge in [-0.3, -0.25) is 9.97 Å². The first kappa shape index (κ1) is 20.8. The van der Waals surface area contributed by atoms with Crippen molar-refractivity contribution in [2.24, 2.45) is 0 Å². The summed E-state index contributed by atoms with van der Waals surface area (Å²) in [6.45, 7) is 0. The summed E-state index contributed by atoms with van der Waals surface area (Å²) >= 11 is 3.84. The minimum Gasteiger partial charge on any atom is -0.497 e. The van der Waals surface area contributed by atoms with Gasteiger partial charge in [0.1, 0.15) is 11.5 Å². The molecule has 0 unspecified atom stereocenters. The molecule has 0 aliphatic rings. The number of hydrogen-bond donors (Lipinski definition) is 0. The molecule has 4 rings (SSSR count). The zero-order valence-corrected chi connectivity index (χ0v) is 18.8. The molecule has 0 saturated heterocycles. The Bertz CT molecular complexity index is 1060. The number of methoxy groups -OCH3 is 2. The zero-order valence-electron chi connectivity index (χ0n) is 17.1. The van der Waals surface area contributed by atoms with Crippen LogP contribution in [0.5, 0.6) is 11.5 Å². The molecular formula is C24H24N2O2S2. The van der Waals surface area contributed by atoms with Crippen molar-refractivity contribution in [3.8, 4) is 11.5 Å². The summed E-state index contributed by atoms with van der Waals surface area (Å²) in [5.74, 6) is 5.78. The second-order valence-corrected chi connectivity index (χ2v) is 9.04. The summed E-state index contributed by atoms with van der Waals surface area (Å²) in [4.78, 5) is 9.51. The maximum atomic E-state index is 5.27. The van der Waals surface area contributed by atoms with Crippen molar-refractivity contribution in [1.82, 2.24) is 9.97 Å². The molecule has 0 amide bonds. The van der Waals surface area contributed by atoms with Gasteiger partial charge in [0, 0.05) is 33.8 Å². The van der Waals surface area contributed by atoms with Crippen molar-refractivity contribution in [3.05, 3.63) is 72.1 Å². The molecule has 2 heterocycles. The topological polar surface area (TPSA) is 44.2 Å². The quantitative estimate of drug-likeness (QED) is 0.301. The van der Waals surface area contributed by atoms with Crippen molar-refractivity contribution < 1.29 is 9.47 Å². The van der Waals surface area contributed by atoms with Gasteiger partial charge in [-0.2, -0.15) is 23.5 Å². The monoisotopic (exact) mass is 436 g/mol. The number of pyridine rings is 2. The van der Waals surface area contributed by atoms with E-state index in [4.69, 9.17) is 19.4 Å². The highest BCUT2D eigenvalue weighted by Crippen LogP contribution is 2.23. The Hall–Kier alpha value is -2.44. The molecule has 4 aromatic rings. The van der Waals surface area contributed by atoms with Crippen LogP contribution < -0.4 is 9.47 Å². The van der Waals surface area contributed by atoms with Crippen molar-refractivity contribution in [1.29, 1.82) is 0 Å². The van der Waals surface area contributed by atoms with Crippen LogP contribution in [0.1, 0.15) is 11.4 Å². The summed E-state index contributed by atoms with van der Waals surface area (Å²) in [6.07, 6.45) is 0. The molecule has 0 atom stereocenters. The molecule has 0 saturated carbocycles. The molecule has 0 N–H and O–H groups in total. The van der Waals surface area contributed by atoms with Crippen LogP contribution in [0.3, 0.4) is 0 Å². The Morgan fingerprint density at radius 2 is 1.10 bits per heavy atom. The lowest BCUT2D eigenvalue weighted by Gasteiger charge is -2.06. The molecule has 4 nitrogen and oxygen atoms in total. The van der Waals surface area contributed by atoms with Crippen LogP contribution in [0.4, 0.5) is 0 Å². The van der Waals surface area contributed by atoms with E-state index in [1.54, 1.807) is 14.2 Å². The first-order valence-electron chi connectivity index (χ1n) is 9.78. The van der Waals surface area contributed by atoms with Crippen LogP contribution >= 0.6 is 23.5 Å². The summed E-state index contributed by atoms with van der Waals surface area (Å²) in [6, 6.07) is 20.5. The van der Waals surface area contributed by atoms with Gasteiger partial charge < -0.3 is 9.47 Å². The van der Waals surface area contributed by atoms with Crippen LogP contribution in [0.2, 0.25) is 0 Å². The smallest absolute Gasteiger partial charge is 0.119 e. The third-order valence-electron chi connectivity index (χ3n) is 4.78. The third kappa shape index (κ3) is 5.18. The third-order valence-corrected chi connectivity index (χ3v) is 7.02. The minimum absolute atomic E-state index is 0.865. The number of benzene rings is 2. The van der Waals surface area contributed by atoms with E-state index in [2.05, 4.69) is 24.3 Å². The Balaban J connectivity index is 1.22. The fourth-order valence-electron chi connectivity index (χ4n) is 3.18. The Labute approximate surface area is 185 Å². The molecule has 0 aliphatic carbocycles.